The first-order chi connectivity index (χ1) is 10.9. The van der Waals surface area contributed by atoms with Gasteiger partial charge in [0, 0.05) is 18.8 Å². The van der Waals surface area contributed by atoms with Crippen LogP contribution >= 0.6 is 0 Å². The van der Waals surface area contributed by atoms with Crippen LogP contribution in [0.2, 0.25) is 0 Å². The van der Waals surface area contributed by atoms with Crippen LogP contribution in [0.4, 0.5) is 13.2 Å². The van der Waals surface area contributed by atoms with Gasteiger partial charge in [-0.1, -0.05) is 6.07 Å². The smallest absolute Gasteiger partial charge is 0.416 e. The van der Waals surface area contributed by atoms with Crippen molar-refractivity contribution in [3.05, 3.63) is 53.3 Å². The van der Waals surface area contributed by atoms with Gasteiger partial charge in [-0.2, -0.15) is 13.2 Å². The number of benzene rings is 1. The third kappa shape index (κ3) is 5.14. The maximum Gasteiger partial charge on any atom is 0.416 e. The van der Waals surface area contributed by atoms with Crippen LogP contribution in [0.1, 0.15) is 17.0 Å². The van der Waals surface area contributed by atoms with E-state index in [0.29, 0.717) is 18.8 Å². The lowest BCUT2D eigenvalue weighted by atomic mass is 10.2. The number of aromatic nitrogens is 1. The summed E-state index contributed by atoms with van der Waals surface area (Å²) in [5, 5.41) is 12.7. The highest BCUT2D eigenvalue weighted by atomic mass is 19.4. The van der Waals surface area contributed by atoms with Gasteiger partial charge in [0.1, 0.15) is 18.1 Å². The Bertz CT molecular complexity index is 660. The Labute approximate surface area is 131 Å². The van der Waals surface area contributed by atoms with Crippen molar-refractivity contribution in [1.29, 1.82) is 0 Å². The van der Waals surface area contributed by atoms with Crippen LogP contribution in [0.15, 0.2) is 36.4 Å². The van der Waals surface area contributed by atoms with Crippen molar-refractivity contribution in [2.24, 2.45) is 0 Å². The van der Waals surface area contributed by atoms with Crippen molar-refractivity contribution in [3.63, 3.8) is 0 Å². The highest BCUT2D eigenvalue weighted by molar-refractivity contribution is 5.30. The monoisotopic (exact) mass is 326 g/mol. The molecule has 2 N–H and O–H groups in total. The number of alkyl halides is 3. The van der Waals surface area contributed by atoms with E-state index in [0.717, 1.165) is 17.8 Å². The molecule has 4 nitrogen and oxygen atoms in total. The third-order valence-corrected chi connectivity index (χ3v) is 3.09. The molecule has 0 saturated heterocycles. The number of ether oxygens (including phenoxy) is 1. The van der Waals surface area contributed by atoms with Gasteiger partial charge in [-0.15, -0.1) is 0 Å². The second-order valence-corrected chi connectivity index (χ2v) is 4.97. The van der Waals surface area contributed by atoms with E-state index in [1.165, 1.54) is 12.1 Å². The second kappa shape index (κ2) is 7.32. The van der Waals surface area contributed by atoms with Crippen LogP contribution in [0.25, 0.3) is 0 Å². The van der Waals surface area contributed by atoms with E-state index in [1.54, 1.807) is 12.1 Å². The van der Waals surface area contributed by atoms with Crippen LogP contribution in [0.5, 0.6) is 11.5 Å². The lowest BCUT2D eigenvalue weighted by molar-refractivity contribution is -0.137. The molecular formula is C16H17F3N2O2. The fourth-order valence-corrected chi connectivity index (χ4v) is 1.94. The van der Waals surface area contributed by atoms with Gasteiger partial charge < -0.3 is 15.2 Å². The van der Waals surface area contributed by atoms with Gasteiger partial charge in [-0.3, -0.25) is 4.98 Å². The first kappa shape index (κ1) is 17.1. The predicted octanol–water partition coefficient (Wildman–Crippen LogP) is 3.28. The minimum atomic E-state index is -4.38. The van der Waals surface area contributed by atoms with Gasteiger partial charge in [0.2, 0.25) is 0 Å². The van der Waals surface area contributed by atoms with Crippen LogP contribution in [0, 0.1) is 6.92 Å². The van der Waals surface area contributed by atoms with Gasteiger partial charge in [-0.05, 0) is 37.3 Å². The summed E-state index contributed by atoms with van der Waals surface area (Å²) in [7, 11) is 0. The molecule has 23 heavy (non-hydrogen) atoms. The summed E-state index contributed by atoms with van der Waals surface area (Å²) < 4.78 is 43.0. The minimum absolute atomic E-state index is 0.0990. The van der Waals surface area contributed by atoms with E-state index in [1.807, 2.05) is 6.92 Å². The summed E-state index contributed by atoms with van der Waals surface area (Å²) in [5.41, 5.74) is 0.570. The first-order valence-corrected chi connectivity index (χ1v) is 7.02. The highest BCUT2D eigenvalue weighted by Crippen LogP contribution is 2.31. The Kier molecular flexibility index (Phi) is 5.44. The van der Waals surface area contributed by atoms with E-state index in [4.69, 9.17) is 4.74 Å². The Balaban J connectivity index is 1.79. The van der Waals surface area contributed by atoms with Crippen molar-refractivity contribution in [2.75, 3.05) is 13.2 Å². The van der Waals surface area contributed by atoms with E-state index in [9.17, 15) is 18.3 Å². The molecule has 0 atom stereocenters. The van der Waals surface area contributed by atoms with E-state index in [2.05, 4.69) is 10.3 Å². The number of hydrogen-bond acceptors (Lipinski definition) is 4. The molecular weight excluding hydrogens is 309 g/mol. The molecule has 7 heteroatoms. The molecule has 1 aromatic heterocycles. The normalized spacial score (nSPS) is 11.5. The average molecular weight is 326 g/mol. The van der Waals surface area contributed by atoms with Crippen molar-refractivity contribution in [3.8, 4) is 11.5 Å². The molecule has 124 valence electrons. The molecule has 0 fully saturated rings. The molecule has 0 spiro atoms. The molecule has 1 heterocycles. The quantitative estimate of drug-likeness (QED) is 0.800. The van der Waals surface area contributed by atoms with Crippen LogP contribution in [-0.4, -0.2) is 23.2 Å². The molecule has 0 aliphatic carbocycles. The summed E-state index contributed by atoms with van der Waals surface area (Å²) in [6, 6.07) is 8.02. The average Bonchev–Trinajstić information content (AvgIpc) is 2.50. The summed E-state index contributed by atoms with van der Waals surface area (Å²) in [6.45, 7) is 2.78. The Morgan fingerprint density at radius 2 is 2.00 bits per heavy atom. The number of halogens is 3. The van der Waals surface area contributed by atoms with Gasteiger partial charge in [0.15, 0.2) is 0 Å². The number of nitrogens with one attached hydrogen (secondary N) is 1. The molecule has 0 radical (unpaired) electrons. The molecule has 0 amide bonds. The topological polar surface area (TPSA) is 54.4 Å². The zero-order valence-electron chi connectivity index (χ0n) is 12.5. The van der Waals surface area contributed by atoms with Crippen LogP contribution < -0.4 is 10.1 Å². The van der Waals surface area contributed by atoms with Gasteiger partial charge >= 0.3 is 6.18 Å². The molecule has 2 rings (SSSR count). The lowest BCUT2D eigenvalue weighted by Crippen LogP contribution is -2.21. The third-order valence-electron chi connectivity index (χ3n) is 3.09. The van der Waals surface area contributed by atoms with Gasteiger partial charge in [-0.25, -0.2) is 0 Å². The fourth-order valence-electron chi connectivity index (χ4n) is 1.94. The van der Waals surface area contributed by atoms with Crippen molar-refractivity contribution >= 4 is 0 Å². The zero-order valence-corrected chi connectivity index (χ0v) is 12.5. The minimum Gasteiger partial charge on any atom is -0.506 e. The van der Waals surface area contributed by atoms with Crippen molar-refractivity contribution in [2.45, 2.75) is 19.6 Å². The largest absolute Gasteiger partial charge is 0.506 e. The Hall–Kier alpha value is -2.28. The Morgan fingerprint density at radius 3 is 2.74 bits per heavy atom. The van der Waals surface area contributed by atoms with Gasteiger partial charge in [0.25, 0.3) is 0 Å². The lowest BCUT2D eigenvalue weighted by Gasteiger charge is -2.11. The number of nitrogens with zero attached hydrogens (tertiary/aromatic N) is 1. The van der Waals surface area contributed by atoms with Crippen LogP contribution in [-0.2, 0) is 12.7 Å². The van der Waals surface area contributed by atoms with Crippen LogP contribution in [0.3, 0.4) is 0 Å². The molecule has 0 bridgehead atoms. The molecule has 1 aromatic carbocycles. The molecule has 2 aromatic rings. The number of hydrogen-bond donors (Lipinski definition) is 2. The van der Waals surface area contributed by atoms with Gasteiger partial charge in [0.05, 0.1) is 11.3 Å². The zero-order chi connectivity index (χ0) is 16.9. The Morgan fingerprint density at radius 1 is 1.22 bits per heavy atom. The summed E-state index contributed by atoms with van der Waals surface area (Å²) in [6.07, 6.45) is -4.38. The predicted molar refractivity (Wildman–Crippen MR) is 79.3 cm³/mol. The first-order valence-electron chi connectivity index (χ1n) is 7.02. The maximum atomic E-state index is 12.6. The molecule has 0 aliphatic rings. The summed E-state index contributed by atoms with van der Waals surface area (Å²) in [5.74, 6) is 0.264. The SMILES string of the molecule is Cc1ccc(O)c(CNCCOc2cccc(C(F)(F)F)c2)n1. The standard InChI is InChI=1S/C16H17F3N2O2/c1-11-5-6-15(22)14(21-11)10-20-7-8-23-13-4-2-3-12(9-13)16(17,18)19/h2-6,9,20,22H,7-8,10H2,1H3. The molecule has 0 saturated carbocycles. The van der Waals surface area contributed by atoms with Crippen molar-refractivity contribution in [1.82, 2.24) is 10.3 Å². The van der Waals surface area contributed by atoms with E-state index >= 15 is 0 Å². The maximum absolute atomic E-state index is 12.6. The number of aryl methyl sites for hydroxylation is 1. The fraction of sp³-hybridized carbons (Fsp3) is 0.312. The number of rotatable bonds is 6. The molecule has 0 unspecified atom stereocenters. The second-order valence-electron chi connectivity index (χ2n) is 4.97. The molecule has 0 aliphatic heterocycles. The van der Waals surface area contributed by atoms with E-state index < -0.39 is 11.7 Å². The van der Waals surface area contributed by atoms with E-state index in [-0.39, 0.29) is 18.1 Å². The summed E-state index contributed by atoms with van der Waals surface area (Å²) >= 11 is 0. The number of pyridine rings is 1. The van der Waals surface area contributed by atoms with Crippen molar-refractivity contribution < 1.29 is 23.0 Å². The number of aromatic hydroxyl groups is 1. The summed E-state index contributed by atoms with van der Waals surface area (Å²) in [4.78, 5) is 4.19. The highest BCUT2D eigenvalue weighted by Gasteiger charge is 2.30.